The molecule has 6 atom stereocenters. The van der Waals surface area contributed by atoms with Crippen LogP contribution in [-0.2, 0) is 4.79 Å². The Morgan fingerprint density at radius 1 is 1.11 bits per heavy atom. The van der Waals surface area contributed by atoms with Gasteiger partial charge in [-0.05, 0) is 49.9 Å². The van der Waals surface area contributed by atoms with Gasteiger partial charge < -0.3 is 11.1 Å². The van der Waals surface area contributed by atoms with Crippen molar-refractivity contribution in [2.75, 3.05) is 0 Å². The number of nitrogens with two attached hydrogens (primary N) is 1. The minimum Gasteiger partial charge on any atom is -0.353 e. The molecule has 0 bridgehead atoms. The van der Waals surface area contributed by atoms with Crippen LogP contribution in [0, 0.1) is 23.7 Å². The highest BCUT2D eigenvalue weighted by atomic mass is 16.2. The van der Waals surface area contributed by atoms with Crippen LogP contribution in [0.15, 0.2) is 0 Å². The van der Waals surface area contributed by atoms with Crippen molar-refractivity contribution in [1.82, 2.24) is 5.32 Å². The first-order valence-corrected chi connectivity index (χ1v) is 7.55. The van der Waals surface area contributed by atoms with Gasteiger partial charge in [-0.2, -0.15) is 0 Å². The molecule has 2 saturated carbocycles. The van der Waals surface area contributed by atoms with Crippen LogP contribution in [0.1, 0.15) is 52.9 Å². The molecular weight excluding hydrogens is 224 g/mol. The Hall–Kier alpha value is -0.570. The summed E-state index contributed by atoms with van der Waals surface area (Å²) in [7, 11) is 0. The Balaban J connectivity index is 1.91. The monoisotopic (exact) mass is 252 g/mol. The molecule has 3 nitrogen and oxygen atoms in total. The molecule has 0 spiro atoms. The Kier molecular flexibility index (Phi) is 4.31. The molecule has 3 N–H and O–H groups in total. The Morgan fingerprint density at radius 3 is 2.44 bits per heavy atom. The standard InChI is InChI=1S/C15H28N2O/c1-9-4-6-13(16)12(8-9)15(18)17-14-7-5-10(2)11(14)3/h9-14H,4-8,16H2,1-3H3,(H,17,18). The highest BCUT2D eigenvalue weighted by Gasteiger charge is 2.35. The molecular formula is C15H28N2O. The van der Waals surface area contributed by atoms with Crippen LogP contribution in [0.5, 0.6) is 0 Å². The van der Waals surface area contributed by atoms with E-state index in [-0.39, 0.29) is 17.9 Å². The van der Waals surface area contributed by atoms with Crippen molar-refractivity contribution in [3.8, 4) is 0 Å². The number of hydrogen-bond donors (Lipinski definition) is 2. The average molecular weight is 252 g/mol. The molecule has 0 aromatic rings. The first-order valence-electron chi connectivity index (χ1n) is 7.55. The quantitative estimate of drug-likeness (QED) is 0.792. The van der Waals surface area contributed by atoms with Crippen LogP contribution < -0.4 is 11.1 Å². The topological polar surface area (TPSA) is 55.1 Å². The van der Waals surface area contributed by atoms with Crippen LogP contribution in [-0.4, -0.2) is 18.0 Å². The summed E-state index contributed by atoms with van der Waals surface area (Å²) in [5.74, 6) is 2.22. The summed E-state index contributed by atoms with van der Waals surface area (Å²) < 4.78 is 0. The van der Waals surface area contributed by atoms with Gasteiger partial charge in [-0.1, -0.05) is 20.8 Å². The van der Waals surface area contributed by atoms with Crippen LogP contribution >= 0.6 is 0 Å². The van der Waals surface area contributed by atoms with E-state index >= 15 is 0 Å². The fourth-order valence-corrected chi connectivity index (χ4v) is 3.56. The second kappa shape index (κ2) is 5.60. The molecule has 18 heavy (non-hydrogen) atoms. The summed E-state index contributed by atoms with van der Waals surface area (Å²) in [6, 6.07) is 0.437. The molecule has 104 valence electrons. The van der Waals surface area contributed by atoms with Crippen molar-refractivity contribution in [2.24, 2.45) is 29.4 Å². The van der Waals surface area contributed by atoms with E-state index in [2.05, 4.69) is 26.1 Å². The number of rotatable bonds is 2. The van der Waals surface area contributed by atoms with E-state index in [4.69, 9.17) is 5.73 Å². The number of carbonyl (C=O) groups excluding carboxylic acids is 1. The van der Waals surface area contributed by atoms with Crippen molar-refractivity contribution in [3.05, 3.63) is 0 Å². The summed E-state index contributed by atoms with van der Waals surface area (Å²) in [6.07, 6.45) is 5.49. The van der Waals surface area contributed by atoms with Crippen molar-refractivity contribution < 1.29 is 4.79 Å². The van der Waals surface area contributed by atoms with Crippen LogP contribution in [0.2, 0.25) is 0 Å². The second-order valence-corrected chi connectivity index (χ2v) is 6.72. The molecule has 0 heterocycles. The summed E-state index contributed by atoms with van der Waals surface area (Å²) >= 11 is 0. The van der Waals surface area contributed by atoms with Gasteiger partial charge in [-0.3, -0.25) is 4.79 Å². The van der Waals surface area contributed by atoms with Gasteiger partial charge in [-0.15, -0.1) is 0 Å². The van der Waals surface area contributed by atoms with Crippen molar-refractivity contribution >= 4 is 5.91 Å². The first kappa shape index (κ1) is 13.9. The maximum absolute atomic E-state index is 12.4. The molecule has 0 aromatic heterocycles. The van der Waals surface area contributed by atoms with Gasteiger partial charge in [0.05, 0.1) is 5.92 Å². The molecule has 0 aromatic carbocycles. The molecule has 3 heteroatoms. The zero-order valence-electron chi connectivity index (χ0n) is 12.0. The summed E-state index contributed by atoms with van der Waals surface area (Å²) in [6.45, 7) is 6.77. The van der Waals surface area contributed by atoms with Gasteiger partial charge >= 0.3 is 0 Å². The second-order valence-electron chi connectivity index (χ2n) is 6.72. The highest BCUT2D eigenvalue weighted by Crippen LogP contribution is 2.32. The smallest absolute Gasteiger partial charge is 0.224 e. The first-order chi connectivity index (χ1) is 8.49. The lowest BCUT2D eigenvalue weighted by Crippen LogP contribution is -2.48. The van der Waals surface area contributed by atoms with Crippen LogP contribution in [0.3, 0.4) is 0 Å². The van der Waals surface area contributed by atoms with Crippen molar-refractivity contribution in [1.29, 1.82) is 0 Å². The predicted octanol–water partition coefficient (Wildman–Crippen LogP) is 2.30. The zero-order valence-corrected chi connectivity index (χ0v) is 12.0. The highest BCUT2D eigenvalue weighted by molar-refractivity contribution is 5.79. The lowest BCUT2D eigenvalue weighted by molar-refractivity contribution is -0.128. The predicted molar refractivity (Wildman–Crippen MR) is 74.0 cm³/mol. The van der Waals surface area contributed by atoms with E-state index < -0.39 is 0 Å². The fraction of sp³-hybridized carbons (Fsp3) is 0.933. The number of amides is 1. The normalized spacial score (nSPS) is 44.9. The summed E-state index contributed by atoms with van der Waals surface area (Å²) in [5, 5.41) is 3.26. The van der Waals surface area contributed by atoms with Gasteiger partial charge in [0.15, 0.2) is 0 Å². The summed E-state index contributed by atoms with van der Waals surface area (Å²) in [5.41, 5.74) is 6.12. The largest absolute Gasteiger partial charge is 0.353 e. The Bertz CT molecular complexity index is 305. The van der Waals surface area contributed by atoms with Gasteiger partial charge in [0.1, 0.15) is 0 Å². The van der Waals surface area contributed by atoms with E-state index in [9.17, 15) is 4.79 Å². The minimum absolute atomic E-state index is 0.0388. The van der Waals surface area contributed by atoms with E-state index in [1.165, 1.54) is 12.8 Å². The maximum atomic E-state index is 12.4. The molecule has 0 saturated heterocycles. The SMILES string of the molecule is CC1CCC(N)C(C(=O)NC2CCC(C)C2C)C1. The average Bonchev–Trinajstić information content (AvgIpc) is 2.64. The van der Waals surface area contributed by atoms with E-state index in [1.807, 2.05) is 0 Å². The summed E-state index contributed by atoms with van der Waals surface area (Å²) in [4.78, 5) is 12.4. The Labute approximate surface area is 111 Å². The molecule has 2 rings (SSSR count). The number of hydrogen-bond acceptors (Lipinski definition) is 2. The molecule has 1 amide bonds. The van der Waals surface area contributed by atoms with Gasteiger partial charge in [0.2, 0.25) is 5.91 Å². The zero-order chi connectivity index (χ0) is 13.3. The molecule has 2 fully saturated rings. The van der Waals surface area contributed by atoms with Gasteiger partial charge in [0.25, 0.3) is 0 Å². The Morgan fingerprint density at radius 2 is 1.83 bits per heavy atom. The molecule has 6 unspecified atom stereocenters. The third-order valence-electron chi connectivity index (χ3n) is 5.30. The van der Waals surface area contributed by atoms with E-state index in [1.54, 1.807) is 0 Å². The van der Waals surface area contributed by atoms with Crippen LogP contribution in [0.25, 0.3) is 0 Å². The lowest BCUT2D eigenvalue weighted by atomic mass is 9.78. The minimum atomic E-state index is 0.0388. The van der Waals surface area contributed by atoms with Crippen molar-refractivity contribution in [2.45, 2.75) is 65.0 Å². The lowest BCUT2D eigenvalue weighted by Gasteiger charge is -2.33. The fourth-order valence-electron chi connectivity index (χ4n) is 3.56. The van der Waals surface area contributed by atoms with E-state index in [0.29, 0.717) is 17.9 Å². The van der Waals surface area contributed by atoms with Gasteiger partial charge in [0, 0.05) is 12.1 Å². The molecule has 0 aliphatic heterocycles. The molecule has 2 aliphatic rings. The van der Waals surface area contributed by atoms with E-state index in [0.717, 1.165) is 25.2 Å². The van der Waals surface area contributed by atoms with Crippen molar-refractivity contribution in [3.63, 3.8) is 0 Å². The van der Waals surface area contributed by atoms with Crippen LogP contribution in [0.4, 0.5) is 0 Å². The molecule has 2 aliphatic carbocycles. The third kappa shape index (κ3) is 2.87. The maximum Gasteiger partial charge on any atom is 0.224 e. The molecule has 0 radical (unpaired) electrons. The number of carbonyl (C=O) groups is 1. The third-order valence-corrected chi connectivity index (χ3v) is 5.30. The van der Waals surface area contributed by atoms with Gasteiger partial charge in [-0.25, -0.2) is 0 Å². The number of nitrogens with one attached hydrogen (secondary N) is 1.